The monoisotopic (exact) mass is 302 g/mol. The van der Waals surface area contributed by atoms with Crippen LogP contribution >= 0.6 is 12.2 Å². The Morgan fingerprint density at radius 2 is 2.10 bits per heavy atom. The largest absolute Gasteiger partial charge is 0.389 e. The van der Waals surface area contributed by atoms with Gasteiger partial charge in [0.25, 0.3) is 0 Å². The minimum absolute atomic E-state index is 0.399. The fraction of sp³-hybridized carbons (Fsp3) is 0.375. The Balaban J connectivity index is 2.19. The molecule has 0 amide bonds. The molecule has 0 bridgehead atoms. The predicted octanol–water partition coefficient (Wildman–Crippen LogP) is 2.62. The first-order valence-corrected chi connectivity index (χ1v) is 7.53. The number of nitrogens with two attached hydrogens (primary N) is 1. The van der Waals surface area contributed by atoms with Gasteiger partial charge in [0, 0.05) is 30.1 Å². The number of thiocarbonyl (C=S) groups is 1. The van der Waals surface area contributed by atoms with E-state index in [0.717, 1.165) is 35.4 Å². The van der Waals surface area contributed by atoms with Gasteiger partial charge in [0.05, 0.1) is 5.52 Å². The van der Waals surface area contributed by atoms with Gasteiger partial charge in [-0.2, -0.15) is 0 Å². The molecule has 0 radical (unpaired) electrons. The van der Waals surface area contributed by atoms with Gasteiger partial charge >= 0.3 is 0 Å². The topological polar surface area (TPSA) is 54.2 Å². The van der Waals surface area contributed by atoms with Crippen LogP contribution < -0.4 is 11.1 Å². The zero-order valence-corrected chi connectivity index (χ0v) is 13.6. The fourth-order valence-corrected chi connectivity index (χ4v) is 2.26. The summed E-state index contributed by atoms with van der Waals surface area (Å²) in [5.41, 5.74) is 7.61. The average molecular weight is 302 g/mol. The lowest BCUT2D eigenvalue weighted by molar-refractivity contribution is 0.284. The zero-order chi connectivity index (χ0) is 15.4. The smallest absolute Gasteiger partial charge is 0.127 e. The molecular weight excluding hydrogens is 280 g/mol. The molecule has 0 saturated carbocycles. The van der Waals surface area contributed by atoms with Gasteiger partial charge in [-0.15, -0.1) is 0 Å². The van der Waals surface area contributed by atoms with Crippen LogP contribution in [0.3, 0.4) is 0 Å². The third kappa shape index (κ3) is 3.89. The number of pyridine rings is 1. The molecule has 0 fully saturated rings. The molecule has 1 aromatic heterocycles. The third-order valence-electron chi connectivity index (χ3n) is 3.63. The van der Waals surface area contributed by atoms with E-state index in [-0.39, 0.29) is 0 Å². The lowest BCUT2D eigenvalue weighted by atomic mass is 10.1. The molecule has 0 spiro atoms. The second-order valence-corrected chi connectivity index (χ2v) is 5.88. The standard InChI is InChI=1S/C16H22N4S/c1-11(2)20(3)9-8-18-15-10-13(16(17)21)12-6-4-5-7-14(12)19-15/h4-7,10-11H,8-9H2,1-3H3,(H2,17,21)(H,18,19). The molecule has 5 heteroatoms. The maximum atomic E-state index is 5.83. The van der Waals surface area contributed by atoms with Crippen LogP contribution in [0.25, 0.3) is 10.9 Å². The Labute approximate surface area is 131 Å². The van der Waals surface area contributed by atoms with Crippen molar-refractivity contribution in [2.45, 2.75) is 19.9 Å². The lowest BCUT2D eigenvalue weighted by Crippen LogP contribution is -2.31. The van der Waals surface area contributed by atoms with Crippen molar-refractivity contribution in [1.29, 1.82) is 0 Å². The summed E-state index contributed by atoms with van der Waals surface area (Å²) in [7, 11) is 2.11. The van der Waals surface area contributed by atoms with E-state index in [1.807, 2.05) is 30.3 Å². The summed E-state index contributed by atoms with van der Waals surface area (Å²) >= 11 is 5.15. The van der Waals surface area contributed by atoms with Crippen molar-refractivity contribution in [3.63, 3.8) is 0 Å². The van der Waals surface area contributed by atoms with E-state index in [4.69, 9.17) is 18.0 Å². The average Bonchev–Trinajstić information content (AvgIpc) is 2.46. The highest BCUT2D eigenvalue weighted by Gasteiger charge is 2.08. The first-order valence-electron chi connectivity index (χ1n) is 7.12. The highest BCUT2D eigenvalue weighted by Crippen LogP contribution is 2.20. The number of aromatic nitrogens is 1. The third-order valence-corrected chi connectivity index (χ3v) is 3.85. The predicted molar refractivity (Wildman–Crippen MR) is 93.9 cm³/mol. The maximum absolute atomic E-state index is 5.83. The van der Waals surface area contributed by atoms with Crippen LogP contribution in [0.5, 0.6) is 0 Å². The van der Waals surface area contributed by atoms with E-state index >= 15 is 0 Å². The summed E-state index contributed by atoms with van der Waals surface area (Å²) < 4.78 is 0. The van der Waals surface area contributed by atoms with E-state index in [9.17, 15) is 0 Å². The zero-order valence-electron chi connectivity index (χ0n) is 12.8. The Morgan fingerprint density at radius 1 is 1.38 bits per heavy atom. The van der Waals surface area contributed by atoms with Crippen LogP contribution in [0.1, 0.15) is 19.4 Å². The van der Waals surface area contributed by atoms with Gasteiger partial charge in [0.2, 0.25) is 0 Å². The van der Waals surface area contributed by atoms with E-state index in [1.54, 1.807) is 0 Å². The highest BCUT2D eigenvalue weighted by atomic mass is 32.1. The molecule has 112 valence electrons. The molecule has 0 aliphatic carbocycles. The summed E-state index contributed by atoms with van der Waals surface area (Å²) in [6.07, 6.45) is 0. The normalized spacial score (nSPS) is 11.3. The van der Waals surface area contributed by atoms with Crippen LogP contribution in [0, 0.1) is 0 Å². The number of para-hydroxylation sites is 1. The molecule has 2 aromatic rings. The van der Waals surface area contributed by atoms with Gasteiger partial charge in [-0.3, -0.25) is 0 Å². The molecule has 0 aliphatic rings. The van der Waals surface area contributed by atoms with Crippen molar-refractivity contribution in [3.05, 3.63) is 35.9 Å². The van der Waals surface area contributed by atoms with Crippen LogP contribution in [-0.2, 0) is 0 Å². The van der Waals surface area contributed by atoms with Crippen molar-refractivity contribution in [2.75, 3.05) is 25.5 Å². The van der Waals surface area contributed by atoms with Crippen molar-refractivity contribution in [3.8, 4) is 0 Å². The molecule has 4 nitrogen and oxygen atoms in total. The summed E-state index contributed by atoms with van der Waals surface area (Å²) in [5.74, 6) is 0.814. The number of benzene rings is 1. The number of fused-ring (bicyclic) bond motifs is 1. The summed E-state index contributed by atoms with van der Waals surface area (Å²) in [5, 5.41) is 4.35. The number of nitrogens with zero attached hydrogens (tertiary/aromatic N) is 2. The lowest BCUT2D eigenvalue weighted by Gasteiger charge is -2.21. The maximum Gasteiger partial charge on any atom is 0.127 e. The minimum atomic E-state index is 0.399. The van der Waals surface area contributed by atoms with Gasteiger partial charge in [-0.25, -0.2) is 4.98 Å². The number of hydrogen-bond donors (Lipinski definition) is 2. The molecule has 0 aliphatic heterocycles. The first-order chi connectivity index (χ1) is 9.99. The second-order valence-electron chi connectivity index (χ2n) is 5.44. The molecular formula is C16H22N4S. The number of likely N-dealkylation sites (N-methyl/N-ethyl adjacent to an activating group) is 1. The van der Waals surface area contributed by atoms with E-state index in [1.165, 1.54) is 0 Å². The number of anilines is 1. The van der Waals surface area contributed by atoms with Gasteiger partial charge in [0.1, 0.15) is 10.8 Å². The van der Waals surface area contributed by atoms with Crippen molar-refractivity contribution in [2.24, 2.45) is 5.73 Å². The number of hydrogen-bond acceptors (Lipinski definition) is 4. The van der Waals surface area contributed by atoms with Gasteiger partial charge < -0.3 is 16.0 Å². The Bertz CT molecular complexity index is 639. The molecule has 2 rings (SSSR count). The molecule has 21 heavy (non-hydrogen) atoms. The minimum Gasteiger partial charge on any atom is -0.389 e. The van der Waals surface area contributed by atoms with Crippen molar-refractivity contribution < 1.29 is 0 Å². The molecule has 0 unspecified atom stereocenters. The highest BCUT2D eigenvalue weighted by molar-refractivity contribution is 7.80. The SMILES string of the molecule is CC(C)N(C)CCNc1cc(C(N)=S)c2ccccc2n1. The van der Waals surface area contributed by atoms with Crippen LogP contribution in [-0.4, -0.2) is 41.1 Å². The number of nitrogens with one attached hydrogen (secondary N) is 1. The fourth-order valence-electron chi connectivity index (χ4n) is 2.09. The van der Waals surface area contributed by atoms with E-state index in [2.05, 4.69) is 36.1 Å². The van der Waals surface area contributed by atoms with Crippen LogP contribution in [0.4, 0.5) is 5.82 Å². The molecule has 0 atom stereocenters. The molecule has 1 heterocycles. The van der Waals surface area contributed by atoms with Gasteiger partial charge in [0.15, 0.2) is 0 Å². The van der Waals surface area contributed by atoms with Crippen molar-refractivity contribution in [1.82, 2.24) is 9.88 Å². The Morgan fingerprint density at radius 3 is 2.76 bits per heavy atom. The Kier molecular flexibility index (Phi) is 5.09. The summed E-state index contributed by atoms with van der Waals surface area (Å²) in [6.45, 7) is 6.14. The Hall–Kier alpha value is -1.72. The van der Waals surface area contributed by atoms with Gasteiger partial charge in [-0.05, 0) is 33.0 Å². The van der Waals surface area contributed by atoms with Crippen molar-refractivity contribution >= 4 is 33.9 Å². The quantitative estimate of drug-likeness (QED) is 0.803. The summed E-state index contributed by atoms with van der Waals surface area (Å²) in [6, 6.07) is 10.4. The van der Waals surface area contributed by atoms with E-state index in [0.29, 0.717) is 11.0 Å². The molecule has 0 saturated heterocycles. The second kappa shape index (κ2) is 6.83. The van der Waals surface area contributed by atoms with Crippen LogP contribution in [0.2, 0.25) is 0 Å². The first kappa shape index (κ1) is 15.7. The van der Waals surface area contributed by atoms with E-state index < -0.39 is 0 Å². The molecule has 1 aromatic carbocycles. The van der Waals surface area contributed by atoms with Gasteiger partial charge in [-0.1, -0.05) is 30.4 Å². The summed E-state index contributed by atoms with van der Waals surface area (Å²) in [4.78, 5) is 7.29. The van der Waals surface area contributed by atoms with Crippen LogP contribution in [0.15, 0.2) is 30.3 Å². The number of rotatable bonds is 6. The molecule has 3 N–H and O–H groups in total.